The lowest BCUT2D eigenvalue weighted by molar-refractivity contribution is 0.0115. The molecule has 0 bridgehead atoms. The van der Waals surface area contributed by atoms with Gasteiger partial charge in [-0.1, -0.05) is 19.1 Å². The van der Waals surface area contributed by atoms with Crippen molar-refractivity contribution < 1.29 is 9.53 Å². The molecule has 6 rings (SSSR count). The average Bonchev–Trinajstić information content (AvgIpc) is 3.07. The van der Waals surface area contributed by atoms with Gasteiger partial charge in [0.25, 0.3) is 5.91 Å². The maximum absolute atomic E-state index is 13.2. The first-order valence-electron chi connectivity index (χ1n) is 14.4. The van der Waals surface area contributed by atoms with E-state index in [0.29, 0.717) is 23.4 Å². The molecule has 0 saturated carbocycles. The van der Waals surface area contributed by atoms with E-state index in [1.165, 1.54) is 24.1 Å². The van der Waals surface area contributed by atoms with Gasteiger partial charge in [-0.3, -0.25) is 9.69 Å². The Kier molecular flexibility index (Phi) is 7.33. The number of nitrogens with one attached hydrogen (secondary N) is 1. The van der Waals surface area contributed by atoms with Gasteiger partial charge in [0.1, 0.15) is 5.69 Å². The van der Waals surface area contributed by atoms with Crippen LogP contribution in [0.1, 0.15) is 41.4 Å². The molecule has 3 aliphatic rings. The fourth-order valence-electron chi connectivity index (χ4n) is 6.32. The average molecular weight is 542 g/mol. The van der Waals surface area contributed by atoms with Crippen LogP contribution in [0.5, 0.6) is 0 Å². The summed E-state index contributed by atoms with van der Waals surface area (Å²) in [7, 11) is 3.74. The number of aromatic nitrogens is 2. The maximum atomic E-state index is 13.2. The third-order valence-electron chi connectivity index (χ3n) is 8.60. The number of carbonyl (C=O) groups excluding carboxylic acids is 1. The summed E-state index contributed by atoms with van der Waals surface area (Å²) in [6.07, 6.45) is 3.28. The SMILES string of the molecule is CCc1cc(N2CCC(N3CCOCC3)CC2)ccc1Nc1nc(C)c2c(n1)N(C)c1ccccc1C(=O)N2C. The largest absolute Gasteiger partial charge is 0.379 e. The van der Waals surface area contributed by atoms with Crippen molar-refractivity contribution in [2.75, 3.05) is 73.5 Å². The number of carbonyl (C=O) groups is 1. The minimum absolute atomic E-state index is 0.0635. The third-order valence-corrected chi connectivity index (χ3v) is 8.60. The van der Waals surface area contributed by atoms with Crippen LogP contribution in [0.3, 0.4) is 0 Å². The van der Waals surface area contributed by atoms with Gasteiger partial charge in [-0.05, 0) is 62.1 Å². The van der Waals surface area contributed by atoms with Gasteiger partial charge >= 0.3 is 0 Å². The highest BCUT2D eigenvalue weighted by atomic mass is 16.5. The van der Waals surface area contributed by atoms with Crippen molar-refractivity contribution in [1.82, 2.24) is 14.9 Å². The second-order valence-corrected chi connectivity index (χ2v) is 10.9. The molecule has 2 saturated heterocycles. The maximum Gasteiger partial charge on any atom is 0.260 e. The first kappa shape index (κ1) is 26.5. The molecule has 40 heavy (non-hydrogen) atoms. The number of benzene rings is 2. The molecule has 0 radical (unpaired) electrons. The number of hydrogen-bond acceptors (Lipinski definition) is 8. The van der Waals surface area contributed by atoms with Gasteiger partial charge < -0.3 is 24.8 Å². The minimum atomic E-state index is -0.0635. The number of fused-ring (bicyclic) bond motifs is 2. The van der Waals surface area contributed by atoms with Gasteiger partial charge in [0.2, 0.25) is 5.95 Å². The van der Waals surface area contributed by atoms with Gasteiger partial charge in [0, 0.05) is 57.7 Å². The summed E-state index contributed by atoms with van der Waals surface area (Å²) in [5.41, 5.74) is 6.47. The van der Waals surface area contributed by atoms with Crippen LogP contribution < -0.4 is 20.0 Å². The molecule has 9 nitrogen and oxygen atoms in total. The fourth-order valence-corrected chi connectivity index (χ4v) is 6.32. The van der Waals surface area contributed by atoms with Gasteiger partial charge in [0.15, 0.2) is 5.82 Å². The predicted octanol–water partition coefficient (Wildman–Crippen LogP) is 4.75. The lowest BCUT2D eigenvalue weighted by atomic mass is 10.0. The third kappa shape index (κ3) is 4.88. The Labute approximate surface area is 236 Å². The van der Waals surface area contributed by atoms with E-state index in [4.69, 9.17) is 14.7 Å². The standard InChI is InChI=1S/C31H39N7O2/c1-5-22-20-24(37-14-12-23(13-15-37)38-16-18-40-19-17-38)10-11-26(22)33-31-32-21(2)28-29(34-31)35(3)27-9-7-6-8-25(27)30(39)36(28)4/h6-11,20,23H,5,12-19H2,1-4H3,(H,32,33,34). The van der Waals surface area contributed by atoms with Gasteiger partial charge in [-0.2, -0.15) is 4.98 Å². The number of amides is 1. The first-order chi connectivity index (χ1) is 19.4. The Morgan fingerprint density at radius 3 is 2.48 bits per heavy atom. The summed E-state index contributed by atoms with van der Waals surface area (Å²) in [6, 6.07) is 15.0. The Balaban J connectivity index is 1.23. The number of morpholine rings is 1. The number of nitrogens with zero attached hydrogens (tertiary/aromatic N) is 6. The second-order valence-electron chi connectivity index (χ2n) is 10.9. The molecule has 2 fully saturated rings. The van der Waals surface area contributed by atoms with Crippen molar-refractivity contribution in [2.24, 2.45) is 0 Å². The van der Waals surface area contributed by atoms with Crippen molar-refractivity contribution in [3.8, 4) is 0 Å². The molecule has 210 valence electrons. The smallest absolute Gasteiger partial charge is 0.260 e. The molecule has 3 aromatic rings. The summed E-state index contributed by atoms with van der Waals surface area (Å²) in [6.45, 7) is 10.1. The van der Waals surface area contributed by atoms with Crippen LogP contribution in [-0.2, 0) is 11.2 Å². The first-order valence-corrected chi connectivity index (χ1v) is 14.4. The summed E-state index contributed by atoms with van der Waals surface area (Å²) in [5.74, 6) is 1.16. The minimum Gasteiger partial charge on any atom is -0.379 e. The lowest BCUT2D eigenvalue weighted by Crippen LogP contribution is -2.49. The topological polar surface area (TPSA) is 77.1 Å². The van der Waals surface area contributed by atoms with Crippen LogP contribution in [0.25, 0.3) is 0 Å². The highest BCUT2D eigenvalue weighted by Gasteiger charge is 2.31. The Morgan fingerprint density at radius 1 is 0.975 bits per heavy atom. The van der Waals surface area contributed by atoms with E-state index in [2.05, 4.69) is 40.2 Å². The monoisotopic (exact) mass is 541 g/mol. The lowest BCUT2D eigenvalue weighted by Gasteiger charge is -2.41. The van der Waals surface area contributed by atoms with Crippen LogP contribution in [-0.4, -0.2) is 80.3 Å². The molecule has 1 aromatic heterocycles. The quantitative estimate of drug-likeness (QED) is 0.496. The van der Waals surface area contributed by atoms with Gasteiger partial charge in [-0.15, -0.1) is 0 Å². The highest BCUT2D eigenvalue weighted by Crippen LogP contribution is 2.40. The zero-order valence-electron chi connectivity index (χ0n) is 24.0. The van der Waals surface area contributed by atoms with Crippen molar-refractivity contribution in [1.29, 1.82) is 0 Å². The molecule has 1 amide bonds. The molecule has 2 aromatic carbocycles. The molecule has 4 heterocycles. The number of ether oxygens (including phenoxy) is 1. The van der Waals surface area contributed by atoms with Crippen LogP contribution in [0.4, 0.5) is 34.5 Å². The molecule has 1 N–H and O–H groups in total. The number of para-hydroxylation sites is 1. The normalized spacial score (nSPS) is 18.4. The van der Waals surface area contributed by atoms with Gasteiger partial charge in [-0.25, -0.2) is 4.98 Å². The Bertz CT molecular complexity index is 1400. The molecular weight excluding hydrogens is 502 g/mol. The van der Waals surface area contributed by atoms with Gasteiger partial charge in [0.05, 0.1) is 30.2 Å². The van der Waals surface area contributed by atoms with E-state index < -0.39 is 0 Å². The number of anilines is 6. The molecule has 0 aliphatic carbocycles. The number of aryl methyl sites for hydroxylation is 2. The van der Waals surface area contributed by atoms with Crippen LogP contribution >= 0.6 is 0 Å². The van der Waals surface area contributed by atoms with E-state index in [1.807, 2.05) is 43.1 Å². The van der Waals surface area contributed by atoms with Crippen molar-refractivity contribution in [2.45, 2.75) is 39.2 Å². The van der Waals surface area contributed by atoms with E-state index in [1.54, 1.807) is 11.9 Å². The van der Waals surface area contributed by atoms with Crippen LogP contribution in [0.15, 0.2) is 42.5 Å². The number of piperidine rings is 1. The fraction of sp³-hybridized carbons (Fsp3) is 0.452. The highest BCUT2D eigenvalue weighted by molar-refractivity contribution is 6.13. The molecule has 3 aliphatic heterocycles. The Morgan fingerprint density at radius 2 is 1.73 bits per heavy atom. The molecule has 0 spiro atoms. The van der Waals surface area contributed by atoms with E-state index in [-0.39, 0.29) is 5.91 Å². The van der Waals surface area contributed by atoms with E-state index in [0.717, 1.165) is 68.6 Å². The zero-order valence-corrected chi connectivity index (χ0v) is 24.0. The second kappa shape index (κ2) is 11.1. The molecule has 0 unspecified atom stereocenters. The number of rotatable bonds is 5. The Hall–Kier alpha value is -3.69. The summed E-state index contributed by atoms with van der Waals surface area (Å²) in [5, 5.41) is 3.50. The van der Waals surface area contributed by atoms with Crippen molar-refractivity contribution in [3.63, 3.8) is 0 Å². The summed E-state index contributed by atoms with van der Waals surface area (Å²) >= 11 is 0. The van der Waals surface area contributed by atoms with Crippen LogP contribution in [0.2, 0.25) is 0 Å². The zero-order chi connectivity index (χ0) is 27.8. The van der Waals surface area contributed by atoms with E-state index in [9.17, 15) is 4.79 Å². The summed E-state index contributed by atoms with van der Waals surface area (Å²) in [4.78, 5) is 31.7. The molecule has 9 heteroatoms. The molecule has 0 atom stereocenters. The van der Waals surface area contributed by atoms with Crippen molar-refractivity contribution >= 4 is 40.4 Å². The van der Waals surface area contributed by atoms with E-state index >= 15 is 0 Å². The predicted molar refractivity (Wildman–Crippen MR) is 161 cm³/mol. The number of hydrogen-bond donors (Lipinski definition) is 1. The van der Waals surface area contributed by atoms with Crippen LogP contribution in [0, 0.1) is 6.92 Å². The van der Waals surface area contributed by atoms with Crippen molar-refractivity contribution in [3.05, 3.63) is 59.3 Å². The molecular formula is C31H39N7O2. The summed E-state index contributed by atoms with van der Waals surface area (Å²) < 4.78 is 5.54.